The lowest BCUT2D eigenvalue weighted by atomic mass is 10.1. The average molecular weight is 337 g/mol. The van der Waals surface area contributed by atoms with Gasteiger partial charge in [-0.2, -0.15) is 0 Å². The van der Waals surface area contributed by atoms with Gasteiger partial charge in [-0.05, 0) is 49.4 Å². The Morgan fingerprint density at radius 2 is 1.88 bits per heavy atom. The second-order valence-corrected chi connectivity index (χ2v) is 6.98. The van der Waals surface area contributed by atoms with Gasteiger partial charge in [0.1, 0.15) is 11.6 Å². The minimum absolute atomic E-state index is 0.0289. The third-order valence-electron chi connectivity index (χ3n) is 4.65. The molecule has 2 aromatic rings. The van der Waals surface area contributed by atoms with Crippen molar-refractivity contribution in [1.29, 1.82) is 0 Å². The first-order valence-electron chi connectivity index (χ1n) is 8.88. The van der Waals surface area contributed by atoms with Gasteiger partial charge in [0.15, 0.2) is 0 Å². The van der Waals surface area contributed by atoms with Crippen LogP contribution in [0.25, 0.3) is 0 Å². The molecule has 6 heteroatoms. The van der Waals surface area contributed by atoms with Crippen LogP contribution in [-0.2, 0) is 13.1 Å². The van der Waals surface area contributed by atoms with Crippen LogP contribution in [0.15, 0.2) is 36.5 Å². The fourth-order valence-corrected chi connectivity index (χ4v) is 2.92. The third kappa shape index (κ3) is 4.33. The Kier molecular flexibility index (Phi) is 4.36. The fourth-order valence-electron chi connectivity index (χ4n) is 2.92. The van der Waals surface area contributed by atoms with Crippen molar-refractivity contribution in [1.82, 2.24) is 20.2 Å². The number of benzene rings is 1. The van der Waals surface area contributed by atoms with E-state index in [2.05, 4.69) is 20.2 Å². The summed E-state index contributed by atoms with van der Waals surface area (Å²) in [4.78, 5) is 23.1. The summed E-state index contributed by atoms with van der Waals surface area (Å²) in [6, 6.07) is 10.6. The van der Waals surface area contributed by atoms with Crippen molar-refractivity contribution in [2.75, 3.05) is 5.73 Å². The number of nitrogen functional groups attached to an aromatic ring is 1. The average Bonchev–Trinajstić information content (AvgIpc) is 3.49. The minimum atomic E-state index is 0.0289. The van der Waals surface area contributed by atoms with Crippen molar-refractivity contribution < 1.29 is 4.79 Å². The number of amides is 1. The highest BCUT2D eigenvalue weighted by molar-refractivity contribution is 5.94. The van der Waals surface area contributed by atoms with Crippen LogP contribution in [0, 0.1) is 0 Å². The molecular formula is C19H23N5O. The zero-order valence-corrected chi connectivity index (χ0v) is 14.2. The SMILES string of the molecule is Nc1ccnc(CN(Cc2ccc(C(=O)NC3CC3)cc2)C2CC2)n1. The Bertz CT molecular complexity index is 753. The second-order valence-electron chi connectivity index (χ2n) is 6.98. The topological polar surface area (TPSA) is 84.1 Å². The van der Waals surface area contributed by atoms with Gasteiger partial charge in [0.2, 0.25) is 0 Å². The highest BCUT2D eigenvalue weighted by Crippen LogP contribution is 2.29. The molecule has 0 saturated heterocycles. The first-order valence-corrected chi connectivity index (χ1v) is 8.88. The molecule has 4 rings (SSSR count). The number of nitrogens with zero attached hydrogens (tertiary/aromatic N) is 3. The predicted octanol–water partition coefficient (Wildman–Crippen LogP) is 2.12. The van der Waals surface area contributed by atoms with Crippen LogP contribution in [-0.4, -0.2) is 32.9 Å². The lowest BCUT2D eigenvalue weighted by molar-refractivity contribution is 0.0951. The largest absolute Gasteiger partial charge is 0.384 e. The first kappa shape index (κ1) is 16.0. The van der Waals surface area contributed by atoms with Gasteiger partial charge in [-0.15, -0.1) is 0 Å². The van der Waals surface area contributed by atoms with Gasteiger partial charge in [-0.1, -0.05) is 12.1 Å². The molecule has 0 radical (unpaired) electrons. The Morgan fingerprint density at radius 3 is 2.52 bits per heavy atom. The monoisotopic (exact) mass is 337 g/mol. The van der Waals surface area contributed by atoms with Crippen LogP contribution in [0.5, 0.6) is 0 Å². The molecule has 0 spiro atoms. The number of hydrogen-bond acceptors (Lipinski definition) is 5. The molecule has 2 saturated carbocycles. The first-order chi connectivity index (χ1) is 12.2. The number of carbonyl (C=O) groups excluding carboxylic acids is 1. The van der Waals surface area contributed by atoms with E-state index in [1.165, 1.54) is 18.4 Å². The van der Waals surface area contributed by atoms with Gasteiger partial charge < -0.3 is 11.1 Å². The molecule has 0 aliphatic heterocycles. The summed E-state index contributed by atoms with van der Waals surface area (Å²) in [5.74, 6) is 1.29. The van der Waals surface area contributed by atoms with Crippen LogP contribution < -0.4 is 11.1 Å². The fraction of sp³-hybridized carbons (Fsp3) is 0.421. The van der Waals surface area contributed by atoms with Gasteiger partial charge in [0.05, 0.1) is 6.54 Å². The smallest absolute Gasteiger partial charge is 0.251 e. The molecule has 0 atom stereocenters. The summed E-state index contributed by atoms with van der Waals surface area (Å²) in [7, 11) is 0. The number of rotatable bonds is 7. The molecule has 6 nitrogen and oxygen atoms in total. The van der Waals surface area contributed by atoms with Crippen molar-refractivity contribution in [3.8, 4) is 0 Å². The molecule has 2 aliphatic rings. The molecule has 25 heavy (non-hydrogen) atoms. The number of carbonyl (C=O) groups is 1. The summed E-state index contributed by atoms with van der Waals surface area (Å²) in [6.07, 6.45) is 6.34. The van der Waals surface area contributed by atoms with Gasteiger partial charge in [-0.25, -0.2) is 9.97 Å². The Labute approximate surface area is 147 Å². The molecule has 2 aliphatic carbocycles. The Hall–Kier alpha value is -2.47. The number of anilines is 1. The van der Waals surface area contributed by atoms with Crippen LogP contribution >= 0.6 is 0 Å². The highest BCUT2D eigenvalue weighted by atomic mass is 16.1. The van der Waals surface area contributed by atoms with Crippen LogP contribution in [0.1, 0.15) is 47.4 Å². The Balaban J connectivity index is 1.40. The number of nitrogens with two attached hydrogens (primary N) is 1. The predicted molar refractivity (Wildman–Crippen MR) is 95.6 cm³/mol. The van der Waals surface area contributed by atoms with E-state index in [1.54, 1.807) is 12.3 Å². The van der Waals surface area contributed by atoms with Crippen molar-refractivity contribution in [3.05, 3.63) is 53.5 Å². The number of nitrogens with one attached hydrogen (secondary N) is 1. The quantitative estimate of drug-likeness (QED) is 0.808. The summed E-state index contributed by atoms with van der Waals surface area (Å²) < 4.78 is 0. The van der Waals surface area contributed by atoms with E-state index in [9.17, 15) is 4.79 Å². The van der Waals surface area contributed by atoms with E-state index >= 15 is 0 Å². The van der Waals surface area contributed by atoms with Crippen molar-refractivity contribution in [3.63, 3.8) is 0 Å². The van der Waals surface area contributed by atoms with Crippen LogP contribution in [0.3, 0.4) is 0 Å². The van der Waals surface area contributed by atoms with Crippen molar-refractivity contribution >= 4 is 11.7 Å². The summed E-state index contributed by atoms with van der Waals surface area (Å²) in [5, 5.41) is 3.02. The van der Waals surface area contributed by atoms with Gasteiger partial charge in [-0.3, -0.25) is 9.69 Å². The molecule has 3 N–H and O–H groups in total. The lowest BCUT2D eigenvalue weighted by Gasteiger charge is -2.21. The zero-order valence-electron chi connectivity index (χ0n) is 14.2. The maximum atomic E-state index is 12.1. The van der Waals surface area contributed by atoms with E-state index in [1.807, 2.05) is 24.3 Å². The van der Waals surface area contributed by atoms with Crippen LogP contribution in [0.2, 0.25) is 0 Å². The standard InChI is InChI=1S/C19H23N5O/c20-17-9-10-21-18(23-17)12-24(16-7-8-16)11-13-1-3-14(4-2-13)19(25)22-15-5-6-15/h1-4,9-10,15-16H,5-8,11-12H2,(H,22,25)(H2,20,21,23). The summed E-state index contributed by atoms with van der Waals surface area (Å²) >= 11 is 0. The molecule has 2 fully saturated rings. The highest BCUT2D eigenvalue weighted by Gasteiger charge is 2.29. The van der Waals surface area contributed by atoms with Gasteiger partial charge in [0, 0.05) is 30.4 Å². The molecule has 1 aromatic heterocycles. The maximum Gasteiger partial charge on any atom is 0.251 e. The molecule has 130 valence electrons. The van der Waals surface area contributed by atoms with Crippen molar-refractivity contribution in [2.45, 2.75) is 50.9 Å². The molecule has 0 bridgehead atoms. The van der Waals surface area contributed by atoms with E-state index in [0.717, 1.165) is 30.8 Å². The Morgan fingerprint density at radius 1 is 1.12 bits per heavy atom. The maximum absolute atomic E-state index is 12.1. The third-order valence-corrected chi connectivity index (χ3v) is 4.65. The normalized spacial score (nSPS) is 16.8. The molecule has 1 amide bonds. The minimum Gasteiger partial charge on any atom is -0.384 e. The van der Waals surface area contributed by atoms with E-state index in [-0.39, 0.29) is 5.91 Å². The molecule has 1 heterocycles. The van der Waals surface area contributed by atoms with Crippen molar-refractivity contribution in [2.24, 2.45) is 0 Å². The molecule has 1 aromatic carbocycles. The van der Waals surface area contributed by atoms with E-state index in [0.29, 0.717) is 24.4 Å². The van der Waals surface area contributed by atoms with Crippen LogP contribution in [0.4, 0.5) is 5.82 Å². The van der Waals surface area contributed by atoms with Gasteiger partial charge >= 0.3 is 0 Å². The summed E-state index contributed by atoms with van der Waals surface area (Å²) in [6.45, 7) is 1.52. The van der Waals surface area contributed by atoms with E-state index in [4.69, 9.17) is 5.73 Å². The number of aromatic nitrogens is 2. The molecular weight excluding hydrogens is 314 g/mol. The second kappa shape index (κ2) is 6.80. The zero-order chi connectivity index (χ0) is 17.2. The van der Waals surface area contributed by atoms with Gasteiger partial charge in [0.25, 0.3) is 5.91 Å². The number of hydrogen-bond donors (Lipinski definition) is 2. The lowest BCUT2D eigenvalue weighted by Crippen LogP contribution is -2.27. The summed E-state index contributed by atoms with van der Waals surface area (Å²) in [5.41, 5.74) is 7.68. The molecule has 0 unspecified atom stereocenters. The van der Waals surface area contributed by atoms with E-state index < -0.39 is 0 Å².